The van der Waals surface area contributed by atoms with Crippen LogP contribution in [0, 0.1) is 5.41 Å². The maximum Gasteiger partial charge on any atom is 0.231 e. The van der Waals surface area contributed by atoms with E-state index in [1.807, 2.05) is 23.4 Å². The van der Waals surface area contributed by atoms with E-state index in [4.69, 9.17) is 9.47 Å². The van der Waals surface area contributed by atoms with Gasteiger partial charge in [-0.05, 0) is 36.0 Å². The van der Waals surface area contributed by atoms with Gasteiger partial charge < -0.3 is 18.9 Å². The van der Waals surface area contributed by atoms with E-state index in [0.29, 0.717) is 13.2 Å². The molecule has 1 aromatic heterocycles. The molecule has 1 aromatic carbocycles. The third-order valence-corrected chi connectivity index (χ3v) is 5.66. The van der Waals surface area contributed by atoms with E-state index in [-0.39, 0.29) is 11.3 Å². The summed E-state index contributed by atoms with van der Waals surface area (Å²) in [7, 11) is 0. The summed E-state index contributed by atoms with van der Waals surface area (Å²) in [5.74, 6) is 2.97. The lowest BCUT2D eigenvalue weighted by Gasteiger charge is -2.40. The van der Waals surface area contributed by atoms with Gasteiger partial charge in [0.05, 0.1) is 0 Å². The van der Waals surface area contributed by atoms with E-state index in [0.717, 1.165) is 56.2 Å². The molecule has 144 valence electrons. The maximum absolute atomic E-state index is 12.5. The summed E-state index contributed by atoms with van der Waals surface area (Å²) in [5, 5.41) is 0. The Kier molecular flexibility index (Phi) is 4.81. The summed E-state index contributed by atoms with van der Waals surface area (Å²) >= 11 is 0. The first kappa shape index (κ1) is 17.9. The van der Waals surface area contributed by atoms with Gasteiger partial charge in [0.2, 0.25) is 12.7 Å². The number of hydrogen-bond acceptors (Lipinski definition) is 4. The smallest absolute Gasteiger partial charge is 0.231 e. The van der Waals surface area contributed by atoms with Gasteiger partial charge in [0.25, 0.3) is 0 Å². The summed E-state index contributed by atoms with van der Waals surface area (Å²) < 4.78 is 13.1. The number of rotatable bonds is 6. The number of nitrogens with zero attached hydrogens (tertiary/aromatic N) is 3. The average molecular weight is 369 g/mol. The molecule has 0 spiro atoms. The molecular weight excluding hydrogens is 342 g/mol. The SMILES string of the molecule is CCc1nccn1CCN1C[C@@](C)(Cc2ccc3c(c2)OCO3)CCC1=O. The van der Waals surface area contributed by atoms with Gasteiger partial charge in [-0.2, -0.15) is 0 Å². The van der Waals surface area contributed by atoms with E-state index in [9.17, 15) is 4.79 Å². The molecule has 1 atom stereocenters. The molecule has 0 bridgehead atoms. The van der Waals surface area contributed by atoms with E-state index in [2.05, 4.69) is 35.5 Å². The van der Waals surface area contributed by atoms with Gasteiger partial charge in [-0.3, -0.25) is 4.79 Å². The molecule has 0 saturated carbocycles. The Morgan fingerprint density at radius 1 is 1.22 bits per heavy atom. The Morgan fingerprint density at radius 3 is 2.93 bits per heavy atom. The molecule has 1 fully saturated rings. The minimum absolute atomic E-state index is 0.0735. The molecule has 0 unspecified atom stereocenters. The fourth-order valence-corrected chi connectivity index (χ4v) is 4.17. The summed E-state index contributed by atoms with van der Waals surface area (Å²) in [6.45, 7) is 7.01. The number of amides is 1. The number of benzene rings is 1. The van der Waals surface area contributed by atoms with E-state index < -0.39 is 0 Å². The van der Waals surface area contributed by atoms with Crippen LogP contribution in [0.2, 0.25) is 0 Å². The molecule has 1 saturated heterocycles. The van der Waals surface area contributed by atoms with Crippen molar-refractivity contribution in [1.29, 1.82) is 0 Å². The predicted octanol–water partition coefficient (Wildman–Crippen LogP) is 3.05. The molecule has 2 aromatic rings. The zero-order valence-corrected chi connectivity index (χ0v) is 16.1. The Bertz CT molecular complexity index is 832. The fraction of sp³-hybridized carbons (Fsp3) is 0.524. The lowest BCUT2D eigenvalue weighted by molar-refractivity contribution is -0.137. The molecular formula is C21H27N3O3. The van der Waals surface area contributed by atoms with Crippen LogP contribution in [0.1, 0.15) is 38.1 Å². The minimum Gasteiger partial charge on any atom is -0.454 e. The van der Waals surface area contributed by atoms with Crippen molar-refractivity contribution in [3.8, 4) is 11.5 Å². The van der Waals surface area contributed by atoms with Gasteiger partial charge in [0, 0.05) is 44.9 Å². The quantitative estimate of drug-likeness (QED) is 0.785. The molecule has 1 amide bonds. The van der Waals surface area contributed by atoms with Crippen LogP contribution in [0.4, 0.5) is 0 Å². The van der Waals surface area contributed by atoms with Crippen molar-refractivity contribution in [2.24, 2.45) is 5.41 Å². The predicted molar refractivity (Wildman–Crippen MR) is 102 cm³/mol. The van der Waals surface area contributed by atoms with Crippen molar-refractivity contribution in [2.45, 2.75) is 46.1 Å². The van der Waals surface area contributed by atoms with Crippen molar-refractivity contribution >= 4 is 5.91 Å². The molecule has 0 N–H and O–H groups in total. The van der Waals surface area contributed by atoms with Crippen LogP contribution >= 0.6 is 0 Å². The molecule has 6 nitrogen and oxygen atoms in total. The highest BCUT2D eigenvalue weighted by Gasteiger charge is 2.35. The number of hydrogen-bond donors (Lipinski definition) is 0. The topological polar surface area (TPSA) is 56.6 Å². The Balaban J connectivity index is 1.42. The third kappa shape index (κ3) is 3.80. The first-order chi connectivity index (χ1) is 13.1. The minimum atomic E-state index is 0.0735. The van der Waals surface area contributed by atoms with Crippen LogP contribution in [-0.4, -0.2) is 40.2 Å². The number of aromatic nitrogens is 2. The monoisotopic (exact) mass is 369 g/mol. The first-order valence-electron chi connectivity index (χ1n) is 9.73. The van der Waals surface area contributed by atoms with Crippen LogP contribution in [0.15, 0.2) is 30.6 Å². The van der Waals surface area contributed by atoms with Crippen molar-refractivity contribution < 1.29 is 14.3 Å². The van der Waals surface area contributed by atoms with E-state index in [1.165, 1.54) is 5.56 Å². The molecule has 2 aliphatic rings. The van der Waals surface area contributed by atoms with Crippen LogP contribution in [0.3, 0.4) is 0 Å². The zero-order chi connectivity index (χ0) is 18.9. The largest absolute Gasteiger partial charge is 0.454 e. The number of piperidine rings is 1. The fourth-order valence-electron chi connectivity index (χ4n) is 4.17. The lowest BCUT2D eigenvalue weighted by atomic mass is 9.76. The molecule has 6 heteroatoms. The van der Waals surface area contributed by atoms with E-state index >= 15 is 0 Å². The number of aryl methyl sites for hydroxylation is 1. The van der Waals surface area contributed by atoms with Crippen LogP contribution < -0.4 is 9.47 Å². The molecule has 4 rings (SSSR count). The van der Waals surface area contributed by atoms with Crippen molar-refractivity contribution in [3.63, 3.8) is 0 Å². The summed E-state index contributed by atoms with van der Waals surface area (Å²) in [5.41, 5.74) is 1.31. The Labute approximate surface area is 160 Å². The molecule has 27 heavy (non-hydrogen) atoms. The summed E-state index contributed by atoms with van der Waals surface area (Å²) in [6.07, 6.45) is 7.20. The van der Waals surface area contributed by atoms with E-state index in [1.54, 1.807) is 0 Å². The second-order valence-electron chi connectivity index (χ2n) is 7.88. The highest BCUT2D eigenvalue weighted by Crippen LogP contribution is 2.37. The number of likely N-dealkylation sites (tertiary alicyclic amines) is 1. The highest BCUT2D eigenvalue weighted by atomic mass is 16.7. The van der Waals surface area contributed by atoms with Crippen LogP contribution in [0.25, 0.3) is 0 Å². The summed E-state index contributed by atoms with van der Waals surface area (Å²) in [4.78, 5) is 18.9. The zero-order valence-electron chi connectivity index (χ0n) is 16.1. The van der Waals surface area contributed by atoms with Gasteiger partial charge in [-0.15, -0.1) is 0 Å². The Morgan fingerprint density at radius 2 is 2.07 bits per heavy atom. The molecule has 0 radical (unpaired) electrons. The molecule has 0 aliphatic carbocycles. The normalized spacial score (nSPS) is 21.7. The van der Waals surface area contributed by atoms with Gasteiger partial charge in [0.1, 0.15) is 5.82 Å². The number of fused-ring (bicyclic) bond motifs is 1. The van der Waals surface area contributed by atoms with Gasteiger partial charge >= 0.3 is 0 Å². The Hall–Kier alpha value is -2.50. The number of carbonyl (C=O) groups is 1. The molecule has 2 aliphatic heterocycles. The van der Waals surface area contributed by atoms with Crippen LogP contribution in [0.5, 0.6) is 11.5 Å². The standard InChI is InChI=1S/C21H27N3O3/c1-3-19-22-8-9-23(19)10-11-24-14-21(2,7-6-20(24)25)13-16-4-5-17-18(12-16)27-15-26-17/h4-5,8-9,12H,3,6-7,10-11,13-15H2,1-2H3/t21-/m1/s1. The lowest BCUT2D eigenvalue weighted by Crippen LogP contribution is -2.47. The second kappa shape index (κ2) is 7.25. The maximum atomic E-state index is 12.5. The van der Waals surface area contributed by atoms with Crippen LogP contribution in [-0.2, 0) is 24.2 Å². The first-order valence-corrected chi connectivity index (χ1v) is 9.73. The van der Waals surface area contributed by atoms with Crippen molar-refractivity contribution in [1.82, 2.24) is 14.5 Å². The second-order valence-corrected chi connectivity index (χ2v) is 7.88. The van der Waals surface area contributed by atoms with Gasteiger partial charge in [0.15, 0.2) is 11.5 Å². The van der Waals surface area contributed by atoms with Gasteiger partial charge in [-0.1, -0.05) is 19.9 Å². The summed E-state index contributed by atoms with van der Waals surface area (Å²) in [6, 6.07) is 6.17. The van der Waals surface area contributed by atoms with Gasteiger partial charge in [-0.25, -0.2) is 4.98 Å². The number of carbonyl (C=O) groups excluding carboxylic acids is 1. The average Bonchev–Trinajstić information content (AvgIpc) is 3.30. The third-order valence-electron chi connectivity index (χ3n) is 5.66. The van der Waals surface area contributed by atoms with Crippen molar-refractivity contribution in [2.75, 3.05) is 19.9 Å². The molecule has 3 heterocycles. The van der Waals surface area contributed by atoms with Crippen molar-refractivity contribution in [3.05, 3.63) is 42.0 Å². The number of imidazole rings is 1. The highest BCUT2D eigenvalue weighted by molar-refractivity contribution is 5.77. The number of ether oxygens (including phenoxy) is 2.